The molecule has 1 aliphatic rings. The average Bonchev–Trinajstić information content (AvgIpc) is 2.94. The number of rotatable bonds is 2. The van der Waals surface area contributed by atoms with Gasteiger partial charge in [-0.05, 0) is 43.3 Å². The fraction of sp³-hybridized carbons (Fsp3) is 0.190. The zero-order chi connectivity index (χ0) is 24.0. The Bertz CT molecular complexity index is 1200. The van der Waals surface area contributed by atoms with E-state index < -0.39 is 46.6 Å². The monoisotopic (exact) mass is 450 g/mol. The normalized spacial score (nSPS) is 16.8. The molecule has 0 bridgehead atoms. The van der Waals surface area contributed by atoms with Crippen LogP contribution in [0.5, 0.6) is 0 Å². The Balaban J connectivity index is 2.10. The summed E-state index contributed by atoms with van der Waals surface area (Å²) in [5.41, 5.74) is -4.11. The Hall–Kier alpha value is -3.99. The van der Waals surface area contributed by atoms with Gasteiger partial charge in [0.15, 0.2) is 0 Å². The van der Waals surface area contributed by atoms with E-state index in [-0.39, 0.29) is 17.2 Å². The molecule has 1 atom stereocenters. The van der Waals surface area contributed by atoms with Crippen LogP contribution in [0, 0.1) is 22.7 Å². The van der Waals surface area contributed by atoms with E-state index in [2.05, 4.69) is 6.58 Å². The minimum absolute atomic E-state index is 0.116. The smallest absolute Gasteiger partial charge is 0.316 e. The molecule has 1 aliphatic heterocycles. The van der Waals surface area contributed by atoms with E-state index in [1.54, 1.807) is 0 Å². The number of amides is 1. The van der Waals surface area contributed by atoms with Gasteiger partial charge in [-0.2, -0.15) is 36.9 Å². The molecule has 1 heterocycles. The third-order valence-corrected chi connectivity index (χ3v) is 4.90. The largest absolute Gasteiger partial charge is 0.417 e. The Morgan fingerprint density at radius 3 is 1.75 bits per heavy atom. The van der Waals surface area contributed by atoms with E-state index >= 15 is 0 Å². The van der Waals surface area contributed by atoms with Gasteiger partial charge in [0.2, 0.25) is 0 Å². The fourth-order valence-corrected chi connectivity index (χ4v) is 3.42. The number of hydrogen-bond donors (Lipinski definition) is 0. The van der Waals surface area contributed by atoms with Crippen LogP contribution in [0.3, 0.4) is 0 Å². The second-order valence-corrected chi connectivity index (χ2v) is 6.81. The number of halogens is 6. The highest BCUT2D eigenvalue weighted by Gasteiger charge is 2.43. The highest BCUT2D eigenvalue weighted by Crippen LogP contribution is 2.41. The van der Waals surface area contributed by atoms with Gasteiger partial charge in [0.25, 0.3) is 5.91 Å². The number of nitrogens with zero attached hydrogens (tertiary/aromatic N) is 4. The number of carbonyl (C=O) groups excluding carboxylic acids is 1. The Morgan fingerprint density at radius 2 is 1.31 bits per heavy atom. The first kappa shape index (κ1) is 22.7. The molecule has 1 saturated heterocycles. The van der Waals surface area contributed by atoms with Crippen LogP contribution >= 0.6 is 0 Å². The van der Waals surface area contributed by atoms with Crippen molar-refractivity contribution in [2.24, 2.45) is 0 Å². The minimum Gasteiger partial charge on any atom is -0.316 e. The van der Waals surface area contributed by atoms with Crippen molar-refractivity contribution in [3.63, 3.8) is 0 Å². The van der Waals surface area contributed by atoms with Gasteiger partial charge in [-0.3, -0.25) is 9.69 Å². The first-order chi connectivity index (χ1) is 14.8. The second kappa shape index (κ2) is 7.61. The predicted molar refractivity (Wildman–Crippen MR) is 101 cm³/mol. The molecule has 164 valence electrons. The summed E-state index contributed by atoms with van der Waals surface area (Å²) in [4.78, 5) is 14.8. The lowest BCUT2D eigenvalue weighted by Crippen LogP contribution is -2.30. The maximum absolute atomic E-state index is 13.3. The van der Waals surface area contributed by atoms with Gasteiger partial charge in [0.05, 0.1) is 40.1 Å². The molecule has 0 spiro atoms. The molecule has 5 nitrogen and oxygen atoms in total. The first-order valence-corrected chi connectivity index (χ1v) is 8.86. The van der Waals surface area contributed by atoms with E-state index in [1.165, 1.54) is 25.1 Å². The van der Waals surface area contributed by atoms with Crippen LogP contribution in [0.25, 0.3) is 0 Å². The molecule has 2 aromatic rings. The van der Waals surface area contributed by atoms with Gasteiger partial charge < -0.3 is 4.90 Å². The van der Waals surface area contributed by atoms with Crippen LogP contribution in [-0.2, 0) is 17.1 Å². The number of alkyl halides is 6. The van der Waals surface area contributed by atoms with Crippen molar-refractivity contribution in [2.45, 2.75) is 25.3 Å². The van der Waals surface area contributed by atoms with Crippen LogP contribution < -0.4 is 9.80 Å². The SMILES string of the molecule is C=C1N(c2ccc(C#N)c(C(F)(F)F)c2)C(=O)C(C)N1c1ccc(C#N)c(C(F)(F)F)c1. The number of benzene rings is 2. The van der Waals surface area contributed by atoms with E-state index in [1.807, 2.05) is 0 Å². The van der Waals surface area contributed by atoms with Gasteiger partial charge in [-0.15, -0.1) is 0 Å². The molecule has 0 aromatic heterocycles. The predicted octanol–water partition coefficient (Wildman–Crippen LogP) is 5.18. The van der Waals surface area contributed by atoms with Crippen molar-refractivity contribution in [3.05, 3.63) is 71.1 Å². The van der Waals surface area contributed by atoms with Gasteiger partial charge in [-0.1, -0.05) is 6.58 Å². The van der Waals surface area contributed by atoms with E-state index in [0.29, 0.717) is 12.1 Å². The molecule has 0 radical (unpaired) electrons. The van der Waals surface area contributed by atoms with Crippen LogP contribution in [0.4, 0.5) is 37.7 Å². The third kappa shape index (κ3) is 3.73. The van der Waals surface area contributed by atoms with Crippen molar-refractivity contribution < 1.29 is 31.1 Å². The maximum Gasteiger partial charge on any atom is 0.417 e. The summed E-state index contributed by atoms with van der Waals surface area (Å²) >= 11 is 0. The second-order valence-electron chi connectivity index (χ2n) is 6.81. The van der Waals surface area contributed by atoms with Crippen molar-refractivity contribution >= 4 is 17.3 Å². The average molecular weight is 450 g/mol. The summed E-state index contributed by atoms with van der Waals surface area (Å²) in [5, 5.41) is 17.9. The van der Waals surface area contributed by atoms with Crippen molar-refractivity contribution in [2.75, 3.05) is 9.80 Å². The summed E-state index contributed by atoms with van der Waals surface area (Å²) in [6, 6.07) is 7.21. The van der Waals surface area contributed by atoms with Crippen molar-refractivity contribution in [1.82, 2.24) is 0 Å². The summed E-state index contributed by atoms with van der Waals surface area (Å²) in [6.07, 6.45) is -9.71. The number of nitriles is 2. The zero-order valence-electron chi connectivity index (χ0n) is 16.2. The van der Waals surface area contributed by atoms with Crippen LogP contribution in [0.2, 0.25) is 0 Å². The molecule has 1 fully saturated rings. The summed E-state index contributed by atoms with van der Waals surface area (Å²) in [6.45, 7) is 5.03. The molecule has 0 N–H and O–H groups in total. The lowest BCUT2D eigenvalue weighted by Gasteiger charge is -2.25. The zero-order valence-corrected chi connectivity index (χ0v) is 16.2. The van der Waals surface area contributed by atoms with Gasteiger partial charge >= 0.3 is 12.4 Å². The standard InChI is InChI=1S/C21H12F6N4O/c1-11-19(32)31(16-6-4-14(10-29)18(8-16)21(25,26)27)12(2)30(11)15-5-3-13(9-28)17(7-15)20(22,23)24/h3-8,11H,2H2,1H3. The number of anilines is 2. The van der Waals surface area contributed by atoms with Crippen LogP contribution in [-0.4, -0.2) is 11.9 Å². The maximum atomic E-state index is 13.3. The molecule has 0 saturated carbocycles. The molecular weight excluding hydrogens is 438 g/mol. The highest BCUT2D eigenvalue weighted by atomic mass is 19.4. The van der Waals surface area contributed by atoms with Crippen molar-refractivity contribution in [3.8, 4) is 12.1 Å². The summed E-state index contributed by atoms with van der Waals surface area (Å²) in [5.74, 6) is -0.913. The molecule has 11 heteroatoms. The molecular formula is C21H12F6N4O. The minimum atomic E-state index is -4.87. The number of hydrogen-bond acceptors (Lipinski definition) is 4. The lowest BCUT2D eigenvalue weighted by molar-refractivity contribution is -0.138. The van der Waals surface area contributed by atoms with Gasteiger partial charge in [0, 0.05) is 5.69 Å². The first-order valence-electron chi connectivity index (χ1n) is 8.86. The van der Waals surface area contributed by atoms with E-state index in [4.69, 9.17) is 10.5 Å². The summed E-state index contributed by atoms with van der Waals surface area (Å²) in [7, 11) is 0. The Kier molecular flexibility index (Phi) is 5.39. The Labute approximate surface area is 178 Å². The quantitative estimate of drug-likeness (QED) is 0.592. The Morgan fingerprint density at radius 1 is 0.875 bits per heavy atom. The van der Waals surface area contributed by atoms with Gasteiger partial charge in [-0.25, -0.2) is 0 Å². The number of carbonyl (C=O) groups is 1. The van der Waals surface area contributed by atoms with Crippen LogP contribution in [0.1, 0.15) is 29.2 Å². The van der Waals surface area contributed by atoms with Gasteiger partial charge in [0.1, 0.15) is 11.9 Å². The fourth-order valence-electron chi connectivity index (χ4n) is 3.42. The molecule has 1 amide bonds. The topological polar surface area (TPSA) is 71.1 Å². The third-order valence-electron chi connectivity index (χ3n) is 4.90. The molecule has 32 heavy (non-hydrogen) atoms. The lowest BCUT2D eigenvalue weighted by atomic mass is 10.1. The van der Waals surface area contributed by atoms with Crippen molar-refractivity contribution in [1.29, 1.82) is 10.5 Å². The molecule has 1 unspecified atom stereocenters. The van der Waals surface area contributed by atoms with E-state index in [0.717, 1.165) is 28.0 Å². The van der Waals surface area contributed by atoms with Crippen LogP contribution in [0.15, 0.2) is 48.8 Å². The highest BCUT2D eigenvalue weighted by molar-refractivity contribution is 6.06. The van der Waals surface area contributed by atoms with E-state index in [9.17, 15) is 31.1 Å². The molecule has 2 aromatic carbocycles. The molecule has 3 rings (SSSR count). The summed E-state index contributed by atoms with van der Waals surface area (Å²) < 4.78 is 80.0. The molecule has 0 aliphatic carbocycles.